The Kier molecular flexibility index (Phi) is 5.32. The number of halogens is 1. The molecule has 2 aromatic carbocycles. The Morgan fingerprint density at radius 1 is 1.09 bits per heavy atom. The number of aryl methyl sites for hydroxylation is 1. The van der Waals surface area contributed by atoms with Gasteiger partial charge in [-0.05, 0) is 25.0 Å². The van der Waals surface area contributed by atoms with Gasteiger partial charge in [-0.2, -0.15) is 0 Å². The maximum Gasteiger partial charge on any atom is 0.216 e. The van der Waals surface area contributed by atoms with Crippen molar-refractivity contribution in [3.05, 3.63) is 71.0 Å². The summed E-state index contributed by atoms with van der Waals surface area (Å²) in [6, 6.07) is 13.3. The molecule has 0 heterocycles. The summed E-state index contributed by atoms with van der Waals surface area (Å²) in [6.07, 6.45) is 0.625. The van der Waals surface area contributed by atoms with E-state index in [0.717, 1.165) is 11.1 Å². The van der Waals surface area contributed by atoms with Gasteiger partial charge in [0.15, 0.2) is 0 Å². The second-order valence-electron chi connectivity index (χ2n) is 5.34. The lowest BCUT2D eigenvalue weighted by molar-refractivity contribution is 0.546. The van der Waals surface area contributed by atoms with E-state index in [9.17, 15) is 12.8 Å². The molecule has 22 heavy (non-hydrogen) atoms. The van der Waals surface area contributed by atoms with Crippen LogP contribution in [0.2, 0.25) is 0 Å². The van der Waals surface area contributed by atoms with Gasteiger partial charge in [0, 0.05) is 11.6 Å². The van der Waals surface area contributed by atoms with E-state index < -0.39 is 15.8 Å². The molecule has 0 fully saturated rings. The smallest absolute Gasteiger partial charge is 0.212 e. The van der Waals surface area contributed by atoms with E-state index in [1.54, 1.807) is 12.1 Å². The normalized spacial score (nSPS) is 13.0. The molecule has 0 aliphatic heterocycles. The van der Waals surface area contributed by atoms with E-state index >= 15 is 0 Å². The predicted octanol–water partition coefficient (Wildman–Crippen LogP) is 3.70. The van der Waals surface area contributed by atoms with Gasteiger partial charge in [0.2, 0.25) is 10.0 Å². The monoisotopic (exact) mass is 321 g/mol. The average molecular weight is 321 g/mol. The minimum atomic E-state index is -3.62. The molecule has 0 spiro atoms. The van der Waals surface area contributed by atoms with Crippen molar-refractivity contribution in [2.45, 2.75) is 32.1 Å². The van der Waals surface area contributed by atoms with Crippen LogP contribution in [0.25, 0.3) is 0 Å². The van der Waals surface area contributed by atoms with Crippen molar-refractivity contribution in [3.8, 4) is 0 Å². The first-order valence-electron chi connectivity index (χ1n) is 7.21. The molecule has 0 saturated carbocycles. The zero-order valence-corrected chi connectivity index (χ0v) is 13.5. The molecule has 1 atom stereocenters. The van der Waals surface area contributed by atoms with Gasteiger partial charge in [0.05, 0.1) is 5.75 Å². The number of hydrogen-bond donors (Lipinski definition) is 1. The Labute approximate surface area is 131 Å². The first kappa shape index (κ1) is 16.6. The van der Waals surface area contributed by atoms with Crippen molar-refractivity contribution in [3.63, 3.8) is 0 Å². The molecule has 0 radical (unpaired) electrons. The predicted molar refractivity (Wildman–Crippen MR) is 86.4 cm³/mol. The molecule has 118 valence electrons. The molecule has 0 saturated heterocycles. The number of nitrogens with one attached hydrogen (secondary N) is 1. The Balaban J connectivity index is 2.16. The molecule has 2 rings (SSSR count). The van der Waals surface area contributed by atoms with Crippen molar-refractivity contribution in [2.75, 3.05) is 0 Å². The number of rotatable bonds is 6. The Hall–Kier alpha value is -1.72. The number of hydrogen-bond acceptors (Lipinski definition) is 2. The third kappa shape index (κ3) is 4.39. The molecular formula is C17H20FNO2S. The van der Waals surface area contributed by atoms with Crippen LogP contribution >= 0.6 is 0 Å². The van der Waals surface area contributed by atoms with E-state index in [1.807, 2.05) is 38.1 Å². The maximum absolute atomic E-state index is 13.6. The zero-order chi connectivity index (χ0) is 16.2. The Bertz CT molecular complexity index is 727. The first-order chi connectivity index (χ1) is 10.4. The molecule has 1 N–H and O–H groups in total. The first-order valence-corrected chi connectivity index (χ1v) is 8.86. The van der Waals surface area contributed by atoms with Crippen LogP contribution in [-0.2, 0) is 15.8 Å². The molecule has 2 aromatic rings. The highest BCUT2D eigenvalue weighted by molar-refractivity contribution is 7.88. The Morgan fingerprint density at radius 3 is 2.32 bits per heavy atom. The van der Waals surface area contributed by atoms with Gasteiger partial charge in [0.1, 0.15) is 5.82 Å². The van der Waals surface area contributed by atoms with Crippen LogP contribution in [0, 0.1) is 12.7 Å². The zero-order valence-electron chi connectivity index (χ0n) is 12.7. The maximum atomic E-state index is 13.6. The molecule has 0 amide bonds. The van der Waals surface area contributed by atoms with Crippen molar-refractivity contribution < 1.29 is 12.8 Å². The van der Waals surface area contributed by atoms with E-state index in [1.165, 1.54) is 12.1 Å². The van der Waals surface area contributed by atoms with Crippen molar-refractivity contribution in [1.29, 1.82) is 0 Å². The van der Waals surface area contributed by atoms with E-state index in [4.69, 9.17) is 0 Å². The summed E-state index contributed by atoms with van der Waals surface area (Å²) in [4.78, 5) is 0. The molecule has 0 bridgehead atoms. The van der Waals surface area contributed by atoms with E-state index in [0.29, 0.717) is 6.42 Å². The molecule has 0 aliphatic carbocycles. The van der Waals surface area contributed by atoms with Crippen molar-refractivity contribution >= 4 is 10.0 Å². The average Bonchev–Trinajstić information content (AvgIpc) is 2.48. The van der Waals surface area contributed by atoms with E-state index in [-0.39, 0.29) is 17.4 Å². The van der Waals surface area contributed by atoms with Crippen LogP contribution in [0.15, 0.2) is 48.5 Å². The molecule has 1 unspecified atom stereocenters. The second kappa shape index (κ2) is 7.03. The quantitative estimate of drug-likeness (QED) is 0.881. The molecule has 3 nitrogen and oxygen atoms in total. The summed E-state index contributed by atoms with van der Waals surface area (Å²) >= 11 is 0. The second-order valence-corrected chi connectivity index (χ2v) is 7.09. The lowest BCUT2D eigenvalue weighted by Gasteiger charge is -2.18. The van der Waals surface area contributed by atoms with Gasteiger partial charge in [-0.1, -0.05) is 55.0 Å². The standard InChI is InChI=1S/C17H20FNO2S/c1-3-17(14-10-8-13(2)9-11-14)19-22(20,21)12-15-6-4-5-7-16(15)18/h4-11,17,19H,3,12H2,1-2H3. The van der Waals surface area contributed by atoms with Gasteiger partial charge in [-0.3, -0.25) is 0 Å². The minimum absolute atomic E-state index is 0.175. The number of sulfonamides is 1. The van der Waals surface area contributed by atoms with Gasteiger partial charge >= 0.3 is 0 Å². The highest BCUT2D eigenvalue weighted by Gasteiger charge is 2.20. The van der Waals surface area contributed by atoms with Crippen LogP contribution in [0.5, 0.6) is 0 Å². The highest BCUT2D eigenvalue weighted by atomic mass is 32.2. The third-order valence-corrected chi connectivity index (χ3v) is 4.85. The lowest BCUT2D eigenvalue weighted by atomic mass is 10.0. The van der Waals surface area contributed by atoms with Crippen LogP contribution in [0.4, 0.5) is 4.39 Å². The fourth-order valence-electron chi connectivity index (χ4n) is 2.26. The van der Waals surface area contributed by atoms with Gasteiger partial charge in [0.25, 0.3) is 0 Å². The largest absolute Gasteiger partial charge is 0.216 e. The van der Waals surface area contributed by atoms with Crippen molar-refractivity contribution in [2.24, 2.45) is 0 Å². The highest BCUT2D eigenvalue weighted by Crippen LogP contribution is 2.19. The Morgan fingerprint density at radius 2 is 1.73 bits per heavy atom. The summed E-state index contributed by atoms with van der Waals surface area (Å²) in [6.45, 7) is 3.89. The summed E-state index contributed by atoms with van der Waals surface area (Å²) in [7, 11) is -3.62. The molecule has 0 aliphatic rings. The third-order valence-electron chi connectivity index (χ3n) is 3.51. The molecule has 5 heteroatoms. The van der Waals surface area contributed by atoms with Crippen LogP contribution in [0.3, 0.4) is 0 Å². The topological polar surface area (TPSA) is 46.2 Å². The SMILES string of the molecule is CCC(NS(=O)(=O)Cc1ccccc1F)c1ccc(C)cc1. The summed E-state index contributed by atoms with van der Waals surface area (Å²) in [5, 5.41) is 0. The number of benzene rings is 2. The van der Waals surface area contributed by atoms with Gasteiger partial charge in [-0.15, -0.1) is 0 Å². The minimum Gasteiger partial charge on any atom is -0.212 e. The van der Waals surface area contributed by atoms with Gasteiger partial charge < -0.3 is 0 Å². The molecule has 0 aromatic heterocycles. The van der Waals surface area contributed by atoms with Crippen LogP contribution in [0.1, 0.15) is 36.1 Å². The fraction of sp³-hybridized carbons (Fsp3) is 0.294. The summed E-state index contributed by atoms with van der Waals surface area (Å²) in [5.41, 5.74) is 2.20. The van der Waals surface area contributed by atoms with Crippen LogP contribution < -0.4 is 4.72 Å². The fourth-order valence-corrected chi connectivity index (χ4v) is 3.73. The van der Waals surface area contributed by atoms with E-state index in [2.05, 4.69) is 4.72 Å². The van der Waals surface area contributed by atoms with Crippen LogP contribution in [-0.4, -0.2) is 8.42 Å². The van der Waals surface area contributed by atoms with Gasteiger partial charge in [-0.25, -0.2) is 17.5 Å². The molecular weight excluding hydrogens is 301 g/mol. The lowest BCUT2D eigenvalue weighted by Crippen LogP contribution is -2.29. The summed E-state index contributed by atoms with van der Waals surface area (Å²) in [5.74, 6) is -0.863. The summed E-state index contributed by atoms with van der Waals surface area (Å²) < 4.78 is 40.8. The van der Waals surface area contributed by atoms with Crippen molar-refractivity contribution in [1.82, 2.24) is 4.72 Å².